The number of ether oxygens (including phenoxy) is 1. The molecule has 2 unspecified atom stereocenters. The van der Waals surface area contributed by atoms with Crippen molar-refractivity contribution >= 4 is 0 Å². The number of nitrogens with one attached hydrogen (secondary N) is 1. The molecule has 0 saturated carbocycles. The molecule has 4 rings (SSSR count). The molecule has 138 valence electrons. The summed E-state index contributed by atoms with van der Waals surface area (Å²) in [6.45, 7) is 0.482. The summed E-state index contributed by atoms with van der Waals surface area (Å²) in [5.74, 6) is 0. The van der Waals surface area contributed by atoms with Crippen molar-refractivity contribution in [3.05, 3.63) is 108 Å². The molecule has 2 atom stereocenters. The van der Waals surface area contributed by atoms with Gasteiger partial charge in [-0.2, -0.15) is 0 Å². The second kappa shape index (κ2) is 8.05. The monoisotopic (exact) mass is 359 g/mol. The molecule has 27 heavy (non-hydrogen) atoms. The van der Waals surface area contributed by atoms with Crippen LogP contribution in [0.15, 0.2) is 91.0 Å². The molecule has 3 nitrogen and oxygen atoms in total. The number of hydrogen-bond acceptors (Lipinski definition) is 3. The van der Waals surface area contributed by atoms with Crippen LogP contribution >= 0.6 is 0 Å². The third kappa shape index (κ3) is 4.28. The van der Waals surface area contributed by atoms with Gasteiger partial charge in [0.15, 0.2) is 0 Å². The van der Waals surface area contributed by atoms with Gasteiger partial charge in [-0.05, 0) is 16.7 Å². The Bertz CT molecular complexity index is 795. The first-order chi connectivity index (χ1) is 13.2. The molecule has 1 heterocycles. The fourth-order valence-electron chi connectivity index (χ4n) is 3.81. The van der Waals surface area contributed by atoms with Crippen LogP contribution in [0.3, 0.4) is 0 Å². The molecular weight excluding hydrogens is 334 g/mol. The van der Waals surface area contributed by atoms with E-state index in [2.05, 4.69) is 29.6 Å². The van der Waals surface area contributed by atoms with Crippen molar-refractivity contribution in [1.82, 2.24) is 5.32 Å². The third-order valence-corrected chi connectivity index (χ3v) is 5.24. The van der Waals surface area contributed by atoms with Gasteiger partial charge < -0.3 is 9.84 Å². The molecule has 1 saturated heterocycles. The molecule has 0 radical (unpaired) electrons. The first kappa shape index (κ1) is 17.9. The zero-order valence-electron chi connectivity index (χ0n) is 15.3. The predicted octanol–water partition coefficient (Wildman–Crippen LogP) is 3.89. The molecule has 1 aliphatic rings. The minimum Gasteiger partial charge on any atom is -0.387 e. The molecule has 0 aliphatic carbocycles. The zero-order chi connectivity index (χ0) is 18.5. The Hall–Kier alpha value is -2.46. The predicted molar refractivity (Wildman–Crippen MR) is 107 cm³/mol. The standard InChI is InChI=1S/C24H25NO2/c26-24(16-19-10-4-1-5-11-19,17-20-12-6-2-7-13-20)22-18-27-23(25-22)21-14-8-3-9-15-21/h1-15,22-23,25-26H,16-18H2. The molecule has 1 aliphatic heterocycles. The highest BCUT2D eigenvalue weighted by Crippen LogP contribution is 2.30. The van der Waals surface area contributed by atoms with Gasteiger partial charge in [0, 0.05) is 12.8 Å². The van der Waals surface area contributed by atoms with E-state index in [1.54, 1.807) is 0 Å². The van der Waals surface area contributed by atoms with Gasteiger partial charge in [-0.25, -0.2) is 0 Å². The number of benzene rings is 3. The second-order valence-corrected chi connectivity index (χ2v) is 7.27. The minimum atomic E-state index is -0.938. The summed E-state index contributed by atoms with van der Waals surface area (Å²) in [5, 5.41) is 15.3. The van der Waals surface area contributed by atoms with Crippen LogP contribution < -0.4 is 5.32 Å². The van der Waals surface area contributed by atoms with Crippen LogP contribution in [0.4, 0.5) is 0 Å². The lowest BCUT2D eigenvalue weighted by atomic mass is 9.82. The van der Waals surface area contributed by atoms with Gasteiger partial charge in [-0.3, -0.25) is 5.32 Å². The molecule has 2 N–H and O–H groups in total. The average Bonchev–Trinajstić information content (AvgIpc) is 3.21. The summed E-state index contributed by atoms with van der Waals surface area (Å²) < 4.78 is 6.00. The normalized spacial score (nSPS) is 19.9. The Morgan fingerprint density at radius 1 is 0.778 bits per heavy atom. The SMILES string of the molecule is OC(Cc1ccccc1)(Cc1ccccc1)C1COC(c2ccccc2)N1. The van der Waals surface area contributed by atoms with Crippen molar-refractivity contribution in [1.29, 1.82) is 0 Å². The van der Waals surface area contributed by atoms with Crippen molar-refractivity contribution in [3.63, 3.8) is 0 Å². The molecule has 0 bridgehead atoms. The fraction of sp³-hybridized carbons (Fsp3) is 0.250. The van der Waals surface area contributed by atoms with Crippen molar-refractivity contribution < 1.29 is 9.84 Å². The molecule has 1 fully saturated rings. The number of rotatable bonds is 6. The highest BCUT2D eigenvalue weighted by Gasteiger charge is 2.42. The Morgan fingerprint density at radius 3 is 1.78 bits per heavy atom. The number of hydrogen-bond donors (Lipinski definition) is 2. The summed E-state index contributed by atoms with van der Waals surface area (Å²) in [6, 6.07) is 30.3. The molecule has 3 heteroatoms. The fourth-order valence-corrected chi connectivity index (χ4v) is 3.81. The van der Waals surface area contributed by atoms with Crippen LogP contribution in [-0.2, 0) is 17.6 Å². The van der Waals surface area contributed by atoms with Gasteiger partial charge in [0.1, 0.15) is 6.23 Å². The van der Waals surface area contributed by atoms with Crippen LogP contribution in [0.1, 0.15) is 22.9 Å². The lowest BCUT2D eigenvalue weighted by Crippen LogP contribution is -2.52. The maximum atomic E-state index is 11.7. The third-order valence-electron chi connectivity index (χ3n) is 5.24. The zero-order valence-corrected chi connectivity index (χ0v) is 15.3. The topological polar surface area (TPSA) is 41.5 Å². The number of aliphatic hydroxyl groups is 1. The van der Waals surface area contributed by atoms with Gasteiger partial charge in [0.2, 0.25) is 0 Å². The Labute approximate surface area is 160 Å². The van der Waals surface area contributed by atoms with E-state index in [-0.39, 0.29) is 12.3 Å². The van der Waals surface area contributed by atoms with E-state index < -0.39 is 5.60 Å². The molecular formula is C24H25NO2. The molecule has 0 amide bonds. The van der Waals surface area contributed by atoms with Gasteiger partial charge in [-0.15, -0.1) is 0 Å². The largest absolute Gasteiger partial charge is 0.387 e. The van der Waals surface area contributed by atoms with Gasteiger partial charge in [0.25, 0.3) is 0 Å². The van der Waals surface area contributed by atoms with Crippen LogP contribution in [0.25, 0.3) is 0 Å². The second-order valence-electron chi connectivity index (χ2n) is 7.27. The minimum absolute atomic E-state index is 0.150. The summed E-state index contributed by atoms with van der Waals surface area (Å²) in [4.78, 5) is 0. The molecule has 0 spiro atoms. The molecule has 0 aromatic heterocycles. The Kier molecular flexibility index (Phi) is 5.35. The van der Waals surface area contributed by atoms with E-state index in [1.165, 1.54) is 0 Å². The van der Waals surface area contributed by atoms with Crippen LogP contribution in [0.2, 0.25) is 0 Å². The lowest BCUT2D eigenvalue weighted by molar-refractivity contribution is 0.00446. The van der Waals surface area contributed by atoms with E-state index in [1.807, 2.05) is 66.7 Å². The highest BCUT2D eigenvalue weighted by atomic mass is 16.5. The maximum absolute atomic E-state index is 11.7. The summed E-state index contributed by atoms with van der Waals surface area (Å²) in [7, 11) is 0. The maximum Gasteiger partial charge on any atom is 0.134 e. The van der Waals surface area contributed by atoms with Crippen molar-refractivity contribution in [2.45, 2.75) is 30.7 Å². The van der Waals surface area contributed by atoms with Crippen molar-refractivity contribution in [2.75, 3.05) is 6.61 Å². The van der Waals surface area contributed by atoms with Gasteiger partial charge in [-0.1, -0.05) is 91.0 Å². The quantitative estimate of drug-likeness (QED) is 0.702. The average molecular weight is 359 g/mol. The van der Waals surface area contributed by atoms with Crippen molar-refractivity contribution in [2.24, 2.45) is 0 Å². The Morgan fingerprint density at radius 2 is 1.26 bits per heavy atom. The summed E-state index contributed by atoms with van der Waals surface area (Å²) >= 11 is 0. The highest BCUT2D eigenvalue weighted by molar-refractivity contribution is 5.24. The molecule has 3 aromatic rings. The van der Waals surface area contributed by atoms with E-state index in [0.717, 1.165) is 16.7 Å². The van der Waals surface area contributed by atoms with Crippen molar-refractivity contribution in [3.8, 4) is 0 Å². The lowest BCUT2D eigenvalue weighted by Gasteiger charge is -2.34. The van der Waals surface area contributed by atoms with Crippen LogP contribution in [-0.4, -0.2) is 23.4 Å². The van der Waals surface area contributed by atoms with Gasteiger partial charge >= 0.3 is 0 Å². The van der Waals surface area contributed by atoms with E-state index in [0.29, 0.717) is 19.4 Å². The van der Waals surface area contributed by atoms with Crippen LogP contribution in [0.5, 0.6) is 0 Å². The first-order valence-electron chi connectivity index (χ1n) is 9.46. The Balaban J connectivity index is 1.58. The summed E-state index contributed by atoms with van der Waals surface area (Å²) in [6.07, 6.45) is 0.963. The summed E-state index contributed by atoms with van der Waals surface area (Å²) in [5.41, 5.74) is 2.40. The van der Waals surface area contributed by atoms with Gasteiger partial charge in [0.05, 0.1) is 18.2 Å². The van der Waals surface area contributed by atoms with E-state index in [9.17, 15) is 5.11 Å². The van der Waals surface area contributed by atoms with Crippen LogP contribution in [0, 0.1) is 0 Å². The smallest absolute Gasteiger partial charge is 0.134 e. The van der Waals surface area contributed by atoms with E-state index >= 15 is 0 Å². The molecule has 3 aromatic carbocycles. The van der Waals surface area contributed by atoms with E-state index in [4.69, 9.17) is 4.74 Å². The first-order valence-corrected chi connectivity index (χ1v) is 9.46.